The highest BCUT2D eigenvalue weighted by Crippen LogP contribution is 2.29. The van der Waals surface area contributed by atoms with Crippen molar-refractivity contribution in [2.45, 2.75) is 18.8 Å². The Morgan fingerprint density at radius 3 is 2.39 bits per heavy atom. The van der Waals surface area contributed by atoms with Gasteiger partial charge >= 0.3 is 0 Å². The van der Waals surface area contributed by atoms with Crippen molar-refractivity contribution in [1.82, 2.24) is 0 Å². The number of hydrogen-bond acceptors (Lipinski definition) is 4. The van der Waals surface area contributed by atoms with Crippen LogP contribution in [0.5, 0.6) is 0 Å². The minimum Gasteiger partial charge on any atom is -0.377 e. The lowest BCUT2D eigenvalue weighted by Crippen LogP contribution is -2.27. The Labute approximate surface area is 116 Å². The van der Waals surface area contributed by atoms with Crippen molar-refractivity contribution in [2.24, 2.45) is 5.73 Å². The summed E-state index contributed by atoms with van der Waals surface area (Å²) in [5.41, 5.74) is 8.10. The van der Waals surface area contributed by atoms with Gasteiger partial charge in [-0.2, -0.15) is 0 Å². The highest BCUT2D eigenvalue weighted by Gasteiger charge is 2.33. The minimum atomic E-state index is 0.111. The quantitative estimate of drug-likeness (QED) is 0.920. The minimum absolute atomic E-state index is 0.111. The summed E-state index contributed by atoms with van der Waals surface area (Å²) in [5.74, 6) is 0. The monoisotopic (exact) mass is 314 g/mol. The van der Waals surface area contributed by atoms with Crippen molar-refractivity contribution < 1.29 is 9.47 Å². The molecule has 1 heterocycles. The second-order valence-corrected chi connectivity index (χ2v) is 5.35. The smallest absolute Gasteiger partial charge is 0.102 e. The molecule has 0 amide bonds. The molecule has 0 spiro atoms. The van der Waals surface area contributed by atoms with E-state index < -0.39 is 0 Å². The fourth-order valence-corrected chi connectivity index (χ4v) is 2.75. The van der Waals surface area contributed by atoms with E-state index in [0.29, 0.717) is 6.54 Å². The summed E-state index contributed by atoms with van der Waals surface area (Å²) in [7, 11) is 3.45. The van der Waals surface area contributed by atoms with Crippen LogP contribution in [0.2, 0.25) is 0 Å². The van der Waals surface area contributed by atoms with Gasteiger partial charge in [-0.3, -0.25) is 0 Å². The van der Waals surface area contributed by atoms with Gasteiger partial charge in [-0.15, -0.1) is 0 Å². The SMILES string of the molecule is COC1CN(c2cc(Br)ccc2CN)CC1OC. The molecule has 100 valence electrons. The summed E-state index contributed by atoms with van der Waals surface area (Å²) >= 11 is 3.51. The van der Waals surface area contributed by atoms with E-state index >= 15 is 0 Å². The number of nitrogens with zero attached hydrogens (tertiary/aromatic N) is 1. The number of benzene rings is 1. The first kappa shape index (κ1) is 13.8. The average Bonchev–Trinajstić information content (AvgIpc) is 2.81. The number of methoxy groups -OCH3 is 2. The van der Waals surface area contributed by atoms with E-state index in [0.717, 1.165) is 28.8 Å². The maximum absolute atomic E-state index is 5.80. The Morgan fingerprint density at radius 1 is 1.28 bits per heavy atom. The molecule has 1 aromatic carbocycles. The van der Waals surface area contributed by atoms with Gasteiger partial charge in [0.05, 0.1) is 0 Å². The Balaban J connectivity index is 2.24. The zero-order valence-corrected chi connectivity index (χ0v) is 12.3. The van der Waals surface area contributed by atoms with Crippen molar-refractivity contribution in [3.8, 4) is 0 Å². The van der Waals surface area contributed by atoms with E-state index in [9.17, 15) is 0 Å². The third kappa shape index (κ3) is 2.69. The Kier molecular flexibility index (Phi) is 4.61. The van der Waals surface area contributed by atoms with Crippen LogP contribution in [-0.2, 0) is 16.0 Å². The number of halogens is 1. The van der Waals surface area contributed by atoms with Gasteiger partial charge in [0, 0.05) is 44.0 Å². The molecule has 0 bridgehead atoms. The number of ether oxygens (including phenoxy) is 2. The molecule has 1 aliphatic heterocycles. The summed E-state index contributed by atoms with van der Waals surface area (Å²) in [4.78, 5) is 2.27. The zero-order valence-electron chi connectivity index (χ0n) is 10.7. The highest BCUT2D eigenvalue weighted by molar-refractivity contribution is 9.10. The van der Waals surface area contributed by atoms with E-state index in [-0.39, 0.29) is 12.2 Å². The van der Waals surface area contributed by atoms with Crippen molar-refractivity contribution in [3.63, 3.8) is 0 Å². The normalized spacial score (nSPS) is 23.7. The fraction of sp³-hybridized carbons (Fsp3) is 0.538. The Hall–Kier alpha value is -0.620. The summed E-state index contributed by atoms with van der Waals surface area (Å²) in [6.45, 7) is 2.20. The second kappa shape index (κ2) is 6.02. The maximum atomic E-state index is 5.80. The van der Waals surface area contributed by atoms with Gasteiger partial charge in [-0.1, -0.05) is 22.0 Å². The van der Waals surface area contributed by atoms with E-state index in [1.54, 1.807) is 14.2 Å². The number of rotatable bonds is 4. The van der Waals surface area contributed by atoms with Crippen LogP contribution >= 0.6 is 15.9 Å². The van der Waals surface area contributed by atoms with Gasteiger partial charge in [-0.05, 0) is 17.7 Å². The molecule has 0 aliphatic carbocycles. The van der Waals surface area contributed by atoms with Crippen LogP contribution in [0.4, 0.5) is 5.69 Å². The van der Waals surface area contributed by atoms with Crippen LogP contribution in [0.3, 0.4) is 0 Å². The molecule has 4 nitrogen and oxygen atoms in total. The summed E-state index contributed by atoms with van der Waals surface area (Å²) in [5, 5.41) is 0. The zero-order chi connectivity index (χ0) is 13.1. The standard InChI is InChI=1S/C13H19BrN2O2/c1-17-12-7-16(8-13(12)18-2)11-5-10(14)4-3-9(11)6-15/h3-5,12-13H,6-8,15H2,1-2H3. The third-order valence-electron chi connectivity index (χ3n) is 3.43. The van der Waals surface area contributed by atoms with Gasteiger partial charge in [-0.25, -0.2) is 0 Å². The molecule has 0 saturated carbocycles. The van der Waals surface area contributed by atoms with Crippen LogP contribution < -0.4 is 10.6 Å². The number of hydrogen-bond donors (Lipinski definition) is 1. The molecule has 2 N–H and O–H groups in total. The summed E-state index contributed by atoms with van der Waals surface area (Å²) in [6, 6.07) is 6.18. The van der Waals surface area contributed by atoms with Crippen LogP contribution in [0.15, 0.2) is 22.7 Å². The first-order valence-electron chi connectivity index (χ1n) is 5.98. The van der Waals surface area contributed by atoms with Gasteiger partial charge < -0.3 is 20.1 Å². The molecule has 0 aromatic heterocycles. The topological polar surface area (TPSA) is 47.7 Å². The largest absolute Gasteiger partial charge is 0.377 e. The molecule has 1 aliphatic rings. The molecule has 2 rings (SSSR count). The van der Waals surface area contributed by atoms with Crippen molar-refractivity contribution in [2.75, 3.05) is 32.2 Å². The lowest BCUT2D eigenvalue weighted by molar-refractivity contribution is -0.00461. The third-order valence-corrected chi connectivity index (χ3v) is 3.92. The van der Waals surface area contributed by atoms with Gasteiger partial charge in [0.2, 0.25) is 0 Å². The van der Waals surface area contributed by atoms with E-state index in [2.05, 4.69) is 33.0 Å². The van der Waals surface area contributed by atoms with Crippen LogP contribution in [0.25, 0.3) is 0 Å². The molecule has 5 heteroatoms. The molecule has 1 aromatic rings. The predicted octanol–water partition coefficient (Wildman–Crippen LogP) is 1.76. The first-order valence-corrected chi connectivity index (χ1v) is 6.78. The van der Waals surface area contributed by atoms with Gasteiger partial charge in [0.1, 0.15) is 12.2 Å². The molecule has 2 unspecified atom stereocenters. The molecule has 1 saturated heterocycles. The molecular formula is C13H19BrN2O2. The summed E-state index contributed by atoms with van der Waals surface area (Å²) in [6.07, 6.45) is 0.221. The van der Waals surface area contributed by atoms with Crippen molar-refractivity contribution in [1.29, 1.82) is 0 Å². The van der Waals surface area contributed by atoms with E-state index in [1.165, 1.54) is 0 Å². The second-order valence-electron chi connectivity index (χ2n) is 4.43. The molecule has 0 radical (unpaired) electrons. The van der Waals surface area contributed by atoms with Gasteiger partial charge in [0.15, 0.2) is 0 Å². The Morgan fingerprint density at radius 2 is 1.89 bits per heavy atom. The fourth-order valence-electron chi connectivity index (χ4n) is 2.40. The lowest BCUT2D eigenvalue weighted by Gasteiger charge is -2.21. The van der Waals surface area contributed by atoms with Crippen LogP contribution in [0.1, 0.15) is 5.56 Å². The molecule has 18 heavy (non-hydrogen) atoms. The molecular weight excluding hydrogens is 296 g/mol. The Bertz CT molecular complexity index is 402. The van der Waals surface area contributed by atoms with Crippen LogP contribution in [-0.4, -0.2) is 39.5 Å². The van der Waals surface area contributed by atoms with Crippen molar-refractivity contribution >= 4 is 21.6 Å². The molecule has 2 atom stereocenters. The summed E-state index contributed by atoms with van der Waals surface area (Å²) < 4.78 is 12.0. The lowest BCUT2D eigenvalue weighted by atomic mass is 10.1. The van der Waals surface area contributed by atoms with Crippen LogP contribution in [0, 0.1) is 0 Å². The maximum Gasteiger partial charge on any atom is 0.102 e. The average molecular weight is 315 g/mol. The van der Waals surface area contributed by atoms with E-state index in [1.807, 2.05) is 6.07 Å². The number of anilines is 1. The van der Waals surface area contributed by atoms with Gasteiger partial charge in [0.25, 0.3) is 0 Å². The van der Waals surface area contributed by atoms with E-state index in [4.69, 9.17) is 15.2 Å². The highest BCUT2D eigenvalue weighted by atomic mass is 79.9. The van der Waals surface area contributed by atoms with Crippen molar-refractivity contribution in [3.05, 3.63) is 28.2 Å². The predicted molar refractivity (Wildman–Crippen MR) is 75.8 cm³/mol. The number of nitrogens with two attached hydrogens (primary N) is 1. The first-order chi connectivity index (χ1) is 8.69. The molecule has 1 fully saturated rings.